The maximum Gasteiger partial charge on any atom is 0.258 e. The van der Waals surface area contributed by atoms with E-state index in [1.807, 2.05) is 36.0 Å². The van der Waals surface area contributed by atoms with Gasteiger partial charge in [0.2, 0.25) is 0 Å². The molecule has 2 N–H and O–H groups in total. The average molecular weight is 283 g/mol. The number of rotatable bonds is 5. The van der Waals surface area contributed by atoms with Crippen molar-refractivity contribution in [2.75, 3.05) is 6.54 Å². The van der Waals surface area contributed by atoms with Gasteiger partial charge in [-0.1, -0.05) is 12.1 Å². The van der Waals surface area contributed by atoms with Gasteiger partial charge in [0.1, 0.15) is 11.6 Å². The topological polar surface area (TPSA) is 75.6 Å². The van der Waals surface area contributed by atoms with Crippen LogP contribution in [0.15, 0.2) is 41.5 Å². The van der Waals surface area contributed by atoms with Crippen LogP contribution in [0.3, 0.4) is 0 Å². The summed E-state index contributed by atoms with van der Waals surface area (Å²) in [6.45, 7) is 1.31. The largest absolute Gasteiger partial charge is 0.338 e. The van der Waals surface area contributed by atoms with Gasteiger partial charge in [0.25, 0.3) is 5.56 Å². The molecule has 0 aliphatic carbocycles. The Morgan fingerprint density at radius 3 is 3.00 bits per heavy atom. The van der Waals surface area contributed by atoms with E-state index < -0.39 is 0 Å². The Balaban J connectivity index is 1.63. The molecule has 0 fully saturated rings. The van der Waals surface area contributed by atoms with E-state index in [1.165, 1.54) is 0 Å². The number of para-hydroxylation sites is 1. The quantitative estimate of drug-likeness (QED) is 0.685. The zero-order valence-electron chi connectivity index (χ0n) is 11.8. The van der Waals surface area contributed by atoms with Gasteiger partial charge in [-0.3, -0.25) is 4.79 Å². The summed E-state index contributed by atoms with van der Waals surface area (Å²) in [7, 11) is 1.98. The molecule has 0 aliphatic heterocycles. The van der Waals surface area contributed by atoms with E-state index in [0.717, 1.165) is 24.3 Å². The summed E-state index contributed by atoms with van der Waals surface area (Å²) in [5, 5.41) is 3.89. The Labute approximate surface area is 121 Å². The summed E-state index contributed by atoms with van der Waals surface area (Å²) in [5.74, 6) is 1.68. The minimum Gasteiger partial charge on any atom is -0.338 e. The van der Waals surface area contributed by atoms with Crippen molar-refractivity contribution in [3.63, 3.8) is 0 Å². The number of aryl methyl sites for hydroxylation is 1. The van der Waals surface area contributed by atoms with Crippen LogP contribution in [-0.2, 0) is 20.0 Å². The van der Waals surface area contributed by atoms with Crippen molar-refractivity contribution in [2.45, 2.75) is 13.0 Å². The Hall–Kier alpha value is -2.47. The number of nitrogens with zero attached hydrogens (tertiary/aromatic N) is 3. The monoisotopic (exact) mass is 283 g/mol. The Kier molecular flexibility index (Phi) is 3.79. The number of benzene rings is 1. The second-order valence-electron chi connectivity index (χ2n) is 4.91. The number of aromatic amines is 1. The molecular weight excluding hydrogens is 266 g/mol. The third-order valence-electron chi connectivity index (χ3n) is 3.40. The average Bonchev–Trinajstić information content (AvgIpc) is 2.89. The second kappa shape index (κ2) is 5.88. The van der Waals surface area contributed by atoms with Gasteiger partial charge in [0, 0.05) is 32.4 Å². The van der Waals surface area contributed by atoms with E-state index in [2.05, 4.69) is 20.3 Å². The molecule has 0 radical (unpaired) electrons. The zero-order valence-corrected chi connectivity index (χ0v) is 11.8. The van der Waals surface area contributed by atoms with Gasteiger partial charge in [-0.2, -0.15) is 0 Å². The molecule has 0 atom stereocenters. The fourth-order valence-corrected chi connectivity index (χ4v) is 2.26. The van der Waals surface area contributed by atoms with E-state index >= 15 is 0 Å². The van der Waals surface area contributed by atoms with Crippen molar-refractivity contribution in [3.05, 3.63) is 58.7 Å². The number of hydrogen-bond acceptors (Lipinski definition) is 4. The summed E-state index contributed by atoms with van der Waals surface area (Å²) in [4.78, 5) is 23.4. The van der Waals surface area contributed by atoms with Gasteiger partial charge < -0.3 is 14.9 Å². The van der Waals surface area contributed by atoms with Gasteiger partial charge >= 0.3 is 0 Å². The molecule has 0 aliphatic rings. The summed E-state index contributed by atoms with van der Waals surface area (Å²) >= 11 is 0. The highest BCUT2D eigenvalue weighted by atomic mass is 16.1. The minimum absolute atomic E-state index is 0.0958. The summed E-state index contributed by atoms with van der Waals surface area (Å²) < 4.78 is 2.00. The molecule has 0 amide bonds. The maximum absolute atomic E-state index is 11.9. The number of nitrogens with one attached hydrogen (secondary N) is 2. The molecule has 0 bridgehead atoms. The molecular formula is C15H17N5O. The lowest BCUT2D eigenvalue weighted by molar-refractivity contribution is 0.636. The van der Waals surface area contributed by atoms with Gasteiger partial charge in [-0.25, -0.2) is 9.97 Å². The first-order chi connectivity index (χ1) is 10.2. The van der Waals surface area contributed by atoms with E-state index in [4.69, 9.17) is 0 Å². The number of aromatic nitrogens is 4. The van der Waals surface area contributed by atoms with Crippen LogP contribution in [-0.4, -0.2) is 26.1 Å². The van der Waals surface area contributed by atoms with Crippen molar-refractivity contribution < 1.29 is 0 Å². The van der Waals surface area contributed by atoms with Crippen LogP contribution < -0.4 is 10.9 Å². The molecule has 3 rings (SSSR count). The molecule has 2 aromatic heterocycles. The smallest absolute Gasteiger partial charge is 0.258 e. The van der Waals surface area contributed by atoms with Crippen LogP contribution in [0.25, 0.3) is 10.9 Å². The molecule has 3 aromatic rings. The zero-order chi connectivity index (χ0) is 14.7. The van der Waals surface area contributed by atoms with Gasteiger partial charge in [0.05, 0.1) is 17.4 Å². The second-order valence-corrected chi connectivity index (χ2v) is 4.91. The van der Waals surface area contributed by atoms with Crippen molar-refractivity contribution in [1.82, 2.24) is 24.8 Å². The predicted octanol–water partition coefficient (Wildman–Crippen LogP) is 0.989. The van der Waals surface area contributed by atoms with Crippen LogP contribution >= 0.6 is 0 Å². The fraction of sp³-hybridized carbons (Fsp3) is 0.267. The van der Waals surface area contributed by atoms with E-state index in [9.17, 15) is 4.79 Å². The van der Waals surface area contributed by atoms with Crippen molar-refractivity contribution in [2.24, 2.45) is 7.05 Å². The van der Waals surface area contributed by atoms with Crippen molar-refractivity contribution in [1.29, 1.82) is 0 Å². The Morgan fingerprint density at radius 1 is 1.33 bits per heavy atom. The fourth-order valence-electron chi connectivity index (χ4n) is 2.26. The predicted molar refractivity (Wildman–Crippen MR) is 81.0 cm³/mol. The van der Waals surface area contributed by atoms with Crippen molar-refractivity contribution >= 4 is 10.9 Å². The standard InChI is InChI=1S/C15H17N5O/c1-20-9-8-17-14(20)6-7-16-10-13-18-12-5-3-2-4-11(12)15(21)19-13/h2-5,8-9,16H,6-7,10H2,1H3,(H,18,19,21). The first-order valence-corrected chi connectivity index (χ1v) is 6.89. The molecule has 0 spiro atoms. The molecule has 0 saturated heterocycles. The van der Waals surface area contributed by atoms with Crippen LogP contribution in [0, 0.1) is 0 Å². The molecule has 0 unspecified atom stereocenters. The minimum atomic E-state index is -0.0958. The Morgan fingerprint density at radius 2 is 2.19 bits per heavy atom. The first-order valence-electron chi connectivity index (χ1n) is 6.89. The summed E-state index contributed by atoms with van der Waals surface area (Å²) in [6.07, 6.45) is 4.55. The third kappa shape index (κ3) is 3.00. The third-order valence-corrected chi connectivity index (χ3v) is 3.40. The summed E-state index contributed by atoms with van der Waals surface area (Å²) in [6, 6.07) is 7.35. The lowest BCUT2D eigenvalue weighted by Gasteiger charge is -2.05. The van der Waals surface area contributed by atoms with Gasteiger partial charge in [-0.15, -0.1) is 0 Å². The molecule has 1 aromatic carbocycles. The molecule has 21 heavy (non-hydrogen) atoms. The van der Waals surface area contributed by atoms with E-state index in [0.29, 0.717) is 17.8 Å². The lowest BCUT2D eigenvalue weighted by atomic mass is 10.2. The van der Waals surface area contributed by atoms with Crippen LogP contribution in [0.4, 0.5) is 0 Å². The molecule has 0 saturated carbocycles. The number of imidazole rings is 1. The highest BCUT2D eigenvalue weighted by Crippen LogP contribution is 2.05. The number of hydrogen-bond donors (Lipinski definition) is 2. The van der Waals surface area contributed by atoms with Crippen LogP contribution in [0.5, 0.6) is 0 Å². The first kappa shape index (κ1) is 13.5. The lowest BCUT2D eigenvalue weighted by Crippen LogP contribution is -2.22. The number of fused-ring (bicyclic) bond motifs is 1. The Bertz CT molecular complexity index is 805. The molecule has 6 heteroatoms. The number of H-pyrrole nitrogens is 1. The SMILES string of the molecule is Cn1ccnc1CCNCc1nc2ccccc2c(=O)[nH]1. The van der Waals surface area contributed by atoms with Gasteiger partial charge in [-0.05, 0) is 12.1 Å². The molecule has 6 nitrogen and oxygen atoms in total. The molecule has 108 valence electrons. The van der Waals surface area contributed by atoms with Crippen LogP contribution in [0.2, 0.25) is 0 Å². The van der Waals surface area contributed by atoms with E-state index in [1.54, 1.807) is 12.3 Å². The van der Waals surface area contributed by atoms with E-state index in [-0.39, 0.29) is 5.56 Å². The highest BCUT2D eigenvalue weighted by molar-refractivity contribution is 5.77. The van der Waals surface area contributed by atoms with Crippen molar-refractivity contribution in [3.8, 4) is 0 Å². The normalized spacial score (nSPS) is 11.1. The van der Waals surface area contributed by atoms with Crippen LogP contribution in [0.1, 0.15) is 11.6 Å². The van der Waals surface area contributed by atoms with Gasteiger partial charge in [0.15, 0.2) is 0 Å². The highest BCUT2D eigenvalue weighted by Gasteiger charge is 2.03. The molecule has 2 heterocycles. The maximum atomic E-state index is 11.9. The summed E-state index contributed by atoms with van der Waals surface area (Å²) in [5.41, 5.74) is 0.628.